The maximum absolute atomic E-state index is 13.1. The van der Waals surface area contributed by atoms with Crippen LogP contribution in [0.25, 0.3) is 0 Å². The summed E-state index contributed by atoms with van der Waals surface area (Å²) in [5, 5.41) is 14.3. The first kappa shape index (κ1) is 17.8. The van der Waals surface area contributed by atoms with Crippen LogP contribution in [-0.2, 0) is 20.5 Å². The molecule has 1 aromatic rings. The fraction of sp³-hybridized carbons (Fsp3) is 0.706. The van der Waals surface area contributed by atoms with Crippen LogP contribution < -0.4 is 0 Å². The molecule has 138 valence electrons. The molecule has 0 aromatic carbocycles. The molecule has 2 heterocycles. The molecule has 2 aliphatic rings. The second-order valence-electron chi connectivity index (χ2n) is 8.08. The van der Waals surface area contributed by atoms with E-state index in [4.69, 9.17) is 0 Å². The van der Waals surface area contributed by atoms with Crippen molar-refractivity contribution in [3.63, 3.8) is 0 Å². The standard InChI is InChI=1S/C17H23F2N3O3/c1-15(2,3)12-4-7-22(20-12)16(14(24)25)5-8-21(9-6-16)13(23)11-10-17(11,18)19/h4,7,11H,5-6,8-10H2,1-3H3,(H,24,25)/t11-/m0/s1. The smallest absolute Gasteiger partial charge is 0.331 e. The number of aliphatic carboxylic acids is 1. The quantitative estimate of drug-likeness (QED) is 0.902. The lowest BCUT2D eigenvalue weighted by Crippen LogP contribution is -2.53. The Morgan fingerprint density at radius 3 is 2.24 bits per heavy atom. The first-order chi connectivity index (χ1) is 11.5. The van der Waals surface area contributed by atoms with Gasteiger partial charge in [-0.1, -0.05) is 20.8 Å². The average molecular weight is 355 g/mol. The van der Waals surface area contributed by atoms with Crippen LogP contribution in [0.1, 0.15) is 45.7 Å². The number of alkyl halides is 2. The van der Waals surface area contributed by atoms with Crippen molar-refractivity contribution in [1.82, 2.24) is 14.7 Å². The fourth-order valence-electron chi connectivity index (χ4n) is 3.30. The maximum Gasteiger partial charge on any atom is 0.331 e. The van der Waals surface area contributed by atoms with Crippen LogP contribution in [0.3, 0.4) is 0 Å². The van der Waals surface area contributed by atoms with Gasteiger partial charge in [0.05, 0.1) is 5.69 Å². The largest absolute Gasteiger partial charge is 0.479 e. The summed E-state index contributed by atoms with van der Waals surface area (Å²) in [6.07, 6.45) is 1.55. The molecule has 1 aliphatic heterocycles. The highest BCUT2D eigenvalue weighted by Crippen LogP contribution is 2.50. The molecule has 0 spiro atoms. The number of rotatable bonds is 3. The lowest BCUT2D eigenvalue weighted by Gasteiger charge is -2.39. The van der Waals surface area contributed by atoms with Gasteiger partial charge in [0.15, 0.2) is 5.54 Å². The third-order valence-electron chi connectivity index (χ3n) is 5.22. The van der Waals surface area contributed by atoms with E-state index in [9.17, 15) is 23.5 Å². The van der Waals surface area contributed by atoms with E-state index in [2.05, 4.69) is 5.10 Å². The predicted molar refractivity (Wildman–Crippen MR) is 85.4 cm³/mol. The fourth-order valence-corrected chi connectivity index (χ4v) is 3.30. The molecule has 2 fully saturated rings. The lowest BCUT2D eigenvalue weighted by atomic mass is 9.87. The number of carboxylic acids is 1. The molecule has 0 unspecified atom stereocenters. The molecule has 3 rings (SSSR count). The van der Waals surface area contributed by atoms with Gasteiger partial charge >= 0.3 is 5.97 Å². The predicted octanol–water partition coefficient (Wildman–Crippen LogP) is 2.24. The van der Waals surface area contributed by atoms with E-state index in [0.717, 1.165) is 5.69 Å². The summed E-state index contributed by atoms with van der Waals surface area (Å²) in [6.45, 7) is 6.25. The number of hydrogen-bond acceptors (Lipinski definition) is 3. The van der Waals surface area contributed by atoms with Crippen molar-refractivity contribution in [2.45, 2.75) is 56.9 Å². The van der Waals surface area contributed by atoms with E-state index in [1.165, 1.54) is 9.58 Å². The van der Waals surface area contributed by atoms with Gasteiger partial charge in [0.25, 0.3) is 5.92 Å². The molecule has 8 heteroatoms. The van der Waals surface area contributed by atoms with Gasteiger partial charge in [-0.3, -0.25) is 9.48 Å². The van der Waals surface area contributed by atoms with Gasteiger partial charge in [-0.2, -0.15) is 5.10 Å². The first-order valence-corrected chi connectivity index (χ1v) is 8.44. The van der Waals surface area contributed by atoms with Crippen molar-refractivity contribution in [2.24, 2.45) is 5.92 Å². The summed E-state index contributed by atoms with van der Waals surface area (Å²) in [5.74, 6) is -5.72. The highest BCUT2D eigenvalue weighted by Gasteiger charge is 2.62. The Morgan fingerprint density at radius 2 is 1.84 bits per heavy atom. The van der Waals surface area contributed by atoms with Crippen molar-refractivity contribution < 1.29 is 23.5 Å². The number of likely N-dealkylation sites (tertiary alicyclic amines) is 1. The van der Waals surface area contributed by atoms with Gasteiger partial charge in [0.2, 0.25) is 5.91 Å². The van der Waals surface area contributed by atoms with Crippen molar-refractivity contribution in [3.8, 4) is 0 Å². The zero-order valence-electron chi connectivity index (χ0n) is 14.6. The van der Waals surface area contributed by atoms with E-state index in [-0.39, 0.29) is 31.3 Å². The van der Waals surface area contributed by atoms with Crippen molar-refractivity contribution in [3.05, 3.63) is 18.0 Å². The number of amides is 1. The molecule has 0 bridgehead atoms. The Kier molecular flexibility index (Phi) is 3.92. The summed E-state index contributed by atoms with van der Waals surface area (Å²) in [6, 6.07) is 1.80. The molecule has 6 nitrogen and oxygen atoms in total. The summed E-state index contributed by atoms with van der Waals surface area (Å²) >= 11 is 0. The van der Waals surface area contributed by atoms with E-state index in [0.29, 0.717) is 0 Å². The Balaban J connectivity index is 1.77. The minimum absolute atomic E-state index is 0.141. The Labute approximate surface area is 144 Å². The number of carboxylic acid groups (broad SMARTS) is 1. The van der Waals surface area contributed by atoms with Crippen LogP contribution in [-0.4, -0.2) is 50.7 Å². The summed E-state index contributed by atoms with van der Waals surface area (Å²) < 4.78 is 27.7. The first-order valence-electron chi connectivity index (χ1n) is 8.44. The van der Waals surface area contributed by atoms with Crippen molar-refractivity contribution in [1.29, 1.82) is 0 Å². The van der Waals surface area contributed by atoms with Crippen LogP contribution >= 0.6 is 0 Å². The number of piperidine rings is 1. The van der Waals surface area contributed by atoms with Gasteiger partial charge in [0, 0.05) is 44.0 Å². The van der Waals surface area contributed by atoms with Crippen LogP contribution in [0.2, 0.25) is 0 Å². The molecule has 1 aliphatic carbocycles. The molecule has 0 radical (unpaired) electrons. The molecule has 1 atom stereocenters. The number of halogens is 2. The van der Waals surface area contributed by atoms with E-state index < -0.39 is 35.7 Å². The van der Waals surface area contributed by atoms with E-state index >= 15 is 0 Å². The SMILES string of the molecule is CC(C)(C)c1ccn(C2(C(=O)O)CCN(C(=O)[C@@H]3CC3(F)F)CC2)n1. The normalized spacial score (nSPS) is 24.8. The molecule has 1 amide bonds. The summed E-state index contributed by atoms with van der Waals surface area (Å²) in [5.41, 5.74) is -0.671. The number of carbonyl (C=O) groups is 2. The van der Waals surface area contributed by atoms with Gasteiger partial charge in [-0.15, -0.1) is 0 Å². The second kappa shape index (κ2) is 5.51. The third kappa shape index (κ3) is 3.02. The van der Waals surface area contributed by atoms with Gasteiger partial charge in [-0.25, -0.2) is 13.6 Å². The molecule has 1 saturated heterocycles. The average Bonchev–Trinajstić information content (AvgIpc) is 2.95. The van der Waals surface area contributed by atoms with Crippen LogP contribution in [0.4, 0.5) is 8.78 Å². The molecular weight excluding hydrogens is 332 g/mol. The zero-order chi connectivity index (χ0) is 18.6. The number of carbonyl (C=O) groups excluding carboxylic acids is 1. The lowest BCUT2D eigenvalue weighted by molar-refractivity contribution is -0.154. The van der Waals surface area contributed by atoms with Gasteiger partial charge in [0.1, 0.15) is 5.92 Å². The zero-order valence-corrected chi connectivity index (χ0v) is 14.6. The monoisotopic (exact) mass is 355 g/mol. The topological polar surface area (TPSA) is 75.4 Å². The Morgan fingerprint density at radius 1 is 1.28 bits per heavy atom. The van der Waals surface area contributed by atoms with E-state index in [1.54, 1.807) is 12.3 Å². The summed E-state index contributed by atoms with van der Waals surface area (Å²) in [4.78, 5) is 25.4. The highest BCUT2D eigenvalue weighted by molar-refractivity contribution is 5.84. The summed E-state index contributed by atoms with van der Waals surface area (Å²) in [7, 11) is 0. The Bertz CT molecular complexity index is 700. The van der Waals surface area contributed by atoms with Gasteiger partial charge < -0.3 is 10.0 Å². The second-order valence-corrected chi connectivity index (χ2v) is 8.08. The van der Waals surface area contributed by atoms with Crippen LogP contribution in [0, 0.1) is 5.92 Å². The maximum atomic E-state index is 13.1. The molecule has 1 aromatic heterocycles. The number of nitrogens with zero attached hydrogens (tertiary/aromatic N) is 3. The van der Waals surface area contributed by atoms with Crippen LogP contribution in [0.15, 0.2) is 12.3 Å². The Hall–Kier alpha value is -1.99. The molecule has 25 heavy (non-hydrogen) atoms. The molecule has 1 saturated carbocycles. The molecule has 1 N–H and O–H groups in total. The van der Waals surface area contributed by atoms with Crippen LogP contribution in [0.5, 0.6) is 0 Å². The number of hydrogen-bond donors (Lipinski definition) is 1. The molecular formula is C17H23F2N3O3. The van der Waals surface area contributed by atoms with Gasteiger partial charge in [-0.05, 0) is 6.07 Å². The highest BCUT2D eigenvalue weighted by atomic mass is 19.3. The minimum Gasteiger partial charge on any atom is -0.479 e. The number of aromatic nitrogens is 2. The third-order valence-corrected chi connectivity index (χ3v) is 5.22. The van der Waals surface area contributed by atoms with Crippen molar-refractivity contribution >= 4 is 11.9 Å². The van der Waals surface area contributed by atoms with E-state index in [1.807, 2.05) is 20.8 Å². The minimum atomic E-state index is -2.90. The van der Waals surface area contributed by atoms with Crippen molar-refractivity contribution in [2.75, 3.05) is 13.1 Å².